The second-order valence-electron chi connectivity index (χ2n) is 6.86. The van der Waals surface area contributed by atoms with Gasteiger partial charge in [-0.2, -0.15) is 12.6 Å². The Morgan fingerprint density at radius 3 is 2.23 bits per heavy atom. The molecule has 0 bridgehead atoms. The molecule has 0 aromatic carbocycles. The van der Waals surface area contributed by atoms with Crippen molar-refractivity contribution in [3.8, 4) is 0 Å². The van der Waals surface area contributed by atoms with E-state index in [-0.39, 0.29) is 24.5 Å². The Bertz CT molecular complexity index is 509. The molecule has 0 aliphatic carbocycles. The maximum atomic E-state index is 11.9. The molecule has 0 aromatic rings. The van der Waals surface area contributed by atoms with Crippen LogP contribution in [0.2, 0.25) is 0 Å². The van der Waals surface area contributed by atoms with Crippen LogP contribution in [0.25, 0.3) is 0 Å². The van der Waals surface area contributed by atoms with Crippen molar-refractivity contribution in [1.29, 1.82) is 0 Å². The molecule has 2 atom stereocenters. The molecule has 3 amide bonds. The maximum Gasteiger partial charge on any atom is 0.322 e. The van der Waals surface area contributed by atoms with E-state index >= 15 is 0 Å². The number of carboxylic acid groups (broad SMARTS) is 1. The van der Waals surface area contributed by atoms with Crippen molar-refractivity contribution in [2.24, 2.45) is 5.73 Å². The summed E-state index contributed by atoms with van der Waals surface area (Å²) in [6, 6.07) is -1.79. The number of carbonyl (C=O) groups excluding carboxylic acids is 3. The van der Waals surface area contributed by atoms with Gasteiger partial charge in [0.05, 0.1) is 40.3 Å². The average Bonchev–Trinajstić information content (AvgIpc) is 2.53. The van der Waals surface area contributed by atoms with Gasteiger partial charge < -0.3 is 31.3 Å². The largest absolute Gasteiger partial charge is 0.480 e. The summed E-state index contributed by atoms with van der Waals surface area (Å²) < 4.78 is 0.701. The highest BCUT2D eigenvalue weighted by Crippen LogP contribution is 1.98. The van der Waals surface area contributed by atoms with E-state index in [9.17, 15) is 19.2 Å². The monoisotopic (exact) mass is 392 g/mol. The second kappa shape index (κ2) is 11.7. The first-order valence-electron chi connectivity index (χ1n) is 8.19. The van der Waals surface area contributed by atoms with Gasteiger partial charge in [0.15, 0.2) is 0 Å². The van der Waals surface area contributed by atoms with Gasteiger partial charge in [0, 0.05) is 12.2 Å². The van der Waals surface area contributed by atoms with Crippen LogP contribution in [0.3, 0.4) is 0 Å². The number of quaternary nitrogens is 1. The molecule has 10 nitrogen and oxygen atoms in total. The van der Waals surface area contributed by atoms with Gasteiger partial charge in [-0.25, -0.2) is 0 Å². The summed E-state index contributed by atoms with van der Waals surface area (Å²) >= 11 is 3.96. The minimum Gasteiger partial charge on any atom is -0.480 e. The number of carbonyl (C=O) groups is 4. The summed E-state index contributed by atoms with van der Waals surface area (Å²) in [6.45, 7) is 0.680. The lowest BCUT2D eigenvalue weighted by Crippen LogP contribution is -2.49. The van der Waals surface area contributed by atoms with Crippen LogP contribution in [0.15, 0.2) is 0 Å². The van der Waals surface area contributed by atoms with Gasteiger partial charge in [-0.3, -0.25) is 19.2 Å². The molecular formula is C15H30N5O5S+. The number of nitrogens with two attached hydrogens (primary N) is 1. The Kier molecular flexibility index (Phi) is 10.9. The van der Waals surface area contributed by atoms with E-state index < -0.39 is 36.4 Å². The number of thiol groups is 1. The molecule has 0 saturated carbocycles. The van der Waals surface area contributed by atoms with Crippen LogP contribution >= 0.6 is 12.6 Å². The van der Waals surface area contributed by atoms with Crippen molar-refractivity contribution < 1.29 is 28.8 Å². The van der Waals surface area contributed by atoms with Gasteiger partial charge in [0.25, 0.3) is 0 Å². The van der Waals surface area contributed by atoms with Crippen molar-refractivity contribution in [2.75, 3.05) is 46.5 Å². The second-order valence-corrected chi connectivity index (χ2v) is 7.23. The number of nitrogens with one attached hydrogen (secondary N) is 3. The van der Waals surface area contributed by atoms with E-state index in [1.807, 2.05) is 21.1 Å². The standard InChI is InChI=1S/C15H29N5O5S/c1-20(2,3)7-6-17-14(24)10(16)4-5-12(21)19-11(9-26)15(25)18-8-13(22)23/h10-11H,4-9,16H2,1-3H3,(H4-,17,18,19,21,22,23,24,25,26)/p+1. The lowest BCUT2D eigenvalue weighted by atomic mass is 10.1. The number of aliphatic carboxylic acids is 1. The molecule has 0 rings (SSSR count). The van der Waals surface area contributed by atoms with Crippen LogP contribution < -0.4 is 21.7 Å². The van der Waals surface area contributed by atoms with Crippen LogP contribution in [-0.2, 0) is 19.2 Å². The van der Waals surface area contributed by atoms with Crippen molar-refractivity contribution in [3.63, 3.8) is 0 Å². The first kappa shape index (κ1) is 24.1. The Morgan fingerprint density at radius 2 is 1.73 bits per heavy atom. The molecule has 11 heteroatoms. The minimum absolute atomic E-state index is 0.00872. The Morgan fingerprint density at radius 1 is 1.12 bits per heavy atom. The fraction of sp³-hybridized carbons (Fsp3) is 0.733. The van der Waals surface area contributed by atoms with Gasteiger partial charge in [0.2, 0.25) is 17.7 Å². The predicted octanol–water partition coefficient (Wildman–Crippen LogP) is -2.47. The van der Waals surface area contributed by atoms with Gasteiger partial charge in [-0.05, 0) is 6.42 Å². The quantitative estimate of drug-likeness (QED) is 0.160. The number of hydrogen-bond donors (Lipinski definition) is 6. The highest BCUT2D eigenvalue weighted by atomic mass is 32.1. The number of likely N-dealkylation sites (N-methyl/N-ethyl adjacent to an activating group) is 1. The highest BCUT2D eigenvalue weighted by molar-refractivity contribution is 7.80. The zero-order chi connectivity index (χ0) is 20.3. The number of rotatable bonds is 12. The van der Waals surface area contributed by atoms with Crippen molar-refractivity contribution >= 4 is 36.3 Å². The summed E-state index contributed by atoms with van der Waals surface area (Å²) in [5.41, 5.74) is 5.76. The van der Waals surface area contributed by atoms with Crippen molar-refractivity contribution in [2.45, 2.75) is 24.9 Å². The molecule has 150 valence electrons. The third-order valence-corrected chi connectivity index (χ3v) is 3.71. The van der Waals surface area contributed by atoms with Crippen molar-refractivity contribution in [3.05, 3.63) is 0 Å². The minimum atomic E-state index is -1.19. The topological polar surface area (TPSA) is 151 Å². The number of nitrogens with zero attached hydrogens (tertiary/aromatic N) is 1. The zero-order valence-electron chi connectivity index (χ0n) is 15.4. The molecule has 0 heterocycles. The average molecular weight is 393 g/mol. The van der Waals surface area contributed by atoms with Crippen LogP contribution in [0.1, 0.15) is 12.8 Å². The molecule has 0 radical (unpaired) electrons. The van der Waals surface area contributed by atoms with Crippen LogP contribution in [0.5, 0.6) is 0 Å². The molecule has 2 unspecified atom stereocenters. The van der Waals surface area contributed by atoms with E-state index in [0.29, 0.717) is 11.0 Å². The highest BCUT2D eigenvalue weighted by Gasteiger charge is 2.21. The molecule has 6 N–H and O–H groups in total. The Balaban J connectivity index is 4.23. The van der Waals surface area contributed by atoms with Gasteiger partial charge in [-0.15, -0.1) is 0 Å². The normalized spacial score (nSPS) is 13.4. The van der Waals surface area contributed by atoms with Crippen LogP contribution in [-0.4, -0.2) is 91.9 Å². The fourth-order valence-corrected chi connectivity index (χ4v) is 2.07. The van der Waals surface area contributed by atoms with E-state index in [2.05, 4.69) is 28.6 Å². The Hall–Kier alpha value is -1.85. The first-order chi connectivity index (χ1) is 12.0. The van der Waals surface area contributed by atoms with Crippen molar-refractivity contribution in [1.82, 2.24) is 16.0 Å². The van der Waals surface area contributed by atoms with Crippen LogP contribution in [0.4, 0.5) is 0 Å². The third-order valence-electron chi connectivity index (χ3n) is 3.35. The molecular weight excluding hydrogens is 362 g/mol. The van der Waals surface area contributed by atoms with E-state index in [0.717, 1.165) is 6.54 Å². The van der Waals surface area contributed by atoms with E-state index in [1.54, 1.807) is 0 Å². The molecule has 0 spiro atoms. The molecule has 26 heavy (non-hydrogen) atoms. The number of amides is 3. The SMILES string of the molecule is C[N+](C)(C)CCNC(=O)C(N)CCC(=O)NC(CS)C(=O)NCC(=O)O. The summed E-state index contributed by atoms with van der Waals surface area (Å²) in [6.07, 6.45) is 0.0818. The van der Waals surface area contributed by atoms with Crippen LogP contribution in [0, 0.1) is 0 Å². The third kappa shape index (κ3) is 11.7. The first-order valence-corrected chi connectivity index (χ1v) is 8.83. The Labute approximate surface area is 158 Å². The van der Waals surface area contributed by atoms with Gasteiger partial charge in [-0.1, -0.05) is 0 Å². The molecule has 0 fully saturated rings. The summed E-state index contributed by atoms with van der Waals surface area (Å²) in [7, 11) is 6.00. The summed E-state index contributed by atoms with van der Waals surface area (Å²) in [5.74, 6) is -2.63. The number of carboxylic acids is 1. The lowest BCUT2D eigenvalue weighted by Gasteiger charge is -2.24. The summed E-state index contributed by atoms with van der Waals surface area (Å²) in [4.78, 5) is 45.9. The fourth-order valence-electron chi connectivity index (χ4n) is 1.81. The van der Waals surface area contributed by atoms with E-state index in [4.69, 9.17) is 10.8 Å². The molecule has 0 aliphatic rings. The predicted molar refractivity (Wildman–Crippen MR) is 99.5 cm³/mol. The molecule has 0 aromatic heterocycles. The zero-order valence-corrected chi connectivity index (χ0v) is 16.3. The number of hydrogen-bond acceptors (Lipinski definition) is 6. The van der Waals surface area contributed by atoms with Gasteiger partial charge in [0.1, 0.15) is 12.6 Å². The lowest BCUT2D eigenvalue weighted by molar-refractivity contribution is -0.869. The molecule has 0 saturated heterocycles. The molecule has 0 aliphatic heterocycles. The van der Waals surface area contributed by atoms with Gasteiger partial charge >= 0.3 is 5.97 Å². The summed E-state index contributed by atoms with van der Waals surface area (Å²) in [5, 5.41) is 15.8. The maximum absolute atomic E-state index is 11.9. The smallest absolute Gasteiger partial charge is 0.322 e. The van der Waals surface area contributed by atoms with E-state index in [1.165, 1.54) is 0 Å².